The van der Waals surface area contributed by atoms with E-state index in [4.69, 9.17) is 10.8 Å². The van der Waals surface area contributed by atoms with Gasteiger partial charge in [0.2, 0.25) is 0 Å². The van der Waals surface area contributed by atoms with Crippen molar-refractivity contribution in [2.45, 2.75) is 31.2 Å². The smallest absolute Gasteiger partial charge is 0.0449 e. The van der Waals surface area contributed by atoms with Crippen molar-refractivity contribution in [1.82, 2.24) is 0 Å². The van der Waals surface area contributed by atoms with Crippen LogP contribution in [0.1, 0.15) is 42.3 Å². The van der Waals surface area contributed by atoms with Crippen LogP contribution < -0.4 is 5.73 Å². The minimum atomic E-state index is -0.0201. The lowest BCUT2D eigenvalue weighted by molar-refractivity contribution is 0.276. The van der Waals surface area contributed by atoms with E-state index in [1.54, 1.807) is 0 Å². The molecule has 0 aromatic heterocycles. The van der Waals surface area contributed by atoms with Crippen molar-refractivity contribution in [2.24, 2.45) is 5.73 Å². The van der Waals surface area contributed by atoms with Crippen molar-refractivity contribution in [3.05, 3.63) is 35.4 Å². The van der Waals surface area contributed by atoms with Gasteiger partial charge < -0.3 is 10.8 Å². The van der Waals surface area contributed by atoms with Gasteiger partial charge in [-0.1, -0.05) is 24.3 Å². The van der Waals surface area contributed by atoms with Crippen LogP contribution in [0.2, 0.25) is 0 Å². The number of hydrogen-bond acceptors (Lipinski definition) is 2. The summed E-state index contributed by atoms with van der Waals surface area (Å²) in [7, 11) is 0. The van der Waals surface area contributed by atoms with E-state index in [-0.39, 0.29) is 12.6 Å². The van der Waals surface area contributed by atoms with Crippen LogP contribution in [0.4, 0.5) is 0 Å². The highest BCUT2D eigenvalue weighted by Crippen LogP contribution is 2.40. The van der Waals surface area contributed by atoms with Crippen LogP contribution in [0, 0.1) is 0 Å². The SMILES string of the molecule is N[C@@H](CCO)c1ccc(C2CC2)cc1. The molecule has 1 aromatic carbocycles. The monoisotopic (exact) mass is 191 g/mol. The highest BCUT2D eigenvalue weighted by Gasteiger charge is 2.23. The van der Waals surface area contributed by atoms with Crippen LogP contribution in [0.3, 0.4) is 0 Å². The van der Waals surface area contributed by atoms with E-state index in [1.807, 2.05) is 0 Å². The third-order valence-corrected chi connectivity index (χ3v) is 2.85. The number of aliphatic hydroxyl groups is 1. The molecule has 1 aliphatic rings. The molecule has 0 aliphatic heterocycles. The predicted octanol–water partition coefficient (Wildman–Crippen LogP) is 1.95. The summed E-state index contributed by atoms with van der Waals surface area (Å²) in [5.74, 6) is 0.804. The molecule has 2 nitrogen and oxygen atoms in total. The van der Waals surface area contributed by atoms with Gasteiger partial charge >= 0.3 is 0 Å². The molecule has 1 atom stereocenters. The van der Waals surface area contributed by atoms with Gasteiger partial charge in [0, 0.05) is 12.6 Å². The summed E-state index contributed by atoms with van der Waals surface area (Å²) >= 11 is 0. The second-order valence-corrected chi connectivity index (χ2v) is 4.06. The summed E-state index contributed by atoms with van der Waals surface area (Å²) in [5.41, 5.74) is 8.45. The van der Waals surface area contributed by atoms with Gasteiger partial charge in [0.25, 0.3) is 0 Å². The highest BCUT2D eigenvalue weighted by molar-refractivity contribution is 5.29. The first kappa shape index (κ1) is 9.69. The average Bonchev–Trinajstić information content (AvgIpc) is 3.02. The number of benzene rings is 1. The van der Waals surface area contributed by atoms with E-state index in [9.17, 15) is 0 Å². The van der Waals surface area contributed by atoms with Gasteiger partial charge in [-0.2, -0.15) is 0 Å². The van der Waals surface area contributed by atoms with Crippen LogP contribution in [-0.4, -0.2) is 11.7 Å². The molecule has 2 heteroatoms. The van der Waals surface area contributed by atoms with E-state index < -0.39 is 0 Å². The fourth-order valence-electron chi connectivity index (χ4n) is 1.74. The molecular formula is C12H17NO. The van der Waals surface area contributed by atoms with Gasteiger partial charge in [-0.25, -0.2) is 0 Å². The zero-order chi connectivity index (χ0) is 9.97. The molecule has 1 aliphatic carbocycles. The second kappa shape index (κ2) is 4.11. The minimum absolute atomic E-state index is 0.0201. The number of rotatable bonds is 4. The van der Waals surface area contributed by atoms with E-state index >= 15 is 0 Å². The van der Waals surface area contributed by atoms with Gasteiger partial charge in [0.05, 0.1) is 0 Å². The van der Waals surface area contributed by atoms with Crippen LogP contribution in [0.15, 0.2) is 24.3 Å². The van der Waals surface area contributed by atoms with Crippen LogP contribution in [0.5, 0.6) is 0 Å². The molecule has 14 heavy (non-hydrogen) atoms. The van der Waals surface area contributed by atoms with Crippen molar-refractivity contribution < 1.29 is 5.11 Å². The lowest BCUT2D eigenvalue weighted by Crippen LogP contribution is -2.11. The zero-order valence-corrected chi connectivity index (χ0v) is 8.32. The molecule has 0 amide bonds. The molecule has 0 unspecified atom stereocenters. The largest absolute Gasteiger partial charge is 0.396 e. The molecule has 0 saturated heterocycles. The topological polar surface area (TPSA) is 46.2 Å². The third kappa shape index (κ3) is 2.14. The van der Waals surface area contributed by atoms with Gasteiger partial charge in [0.1, 0.15) is 0 Å². The summed E-state index contributed by atoms with van der Waals surface area (Å²) in [5, 5.41) is 8.77. The molecule has 76 valence electrons. The molecule has 2 rings (SSSR count). The van der Waals surface area contributed by atoms with Gasteiger partial charge in [0.15, 0.2) is 0 Å². The summed E-state index contributed by atoms with van der Waals surface area (Å²) in [6.07, 6.45) is 3.31. The lowest BCUT2D eigenvalue weighted by Gasteiger charge is -2.10. The van der Waals surface area contributed by atoms with Crippen LogP contribution in [0.25, 0.3) is 0 Å². The molecule has 0 radical (unpaired) electrons. The Bertz CT molecular complexity index is 290. The van der Waals surface area contributed by atoms with E-state index in [0.717, 1.165) is 11.5 Å². The minimum Gasteiger partial charge on any atom is -0.396 e. The Morgan fingerprint density at radius 1 is 1.29 bits per heavy atom. The Morgan fingerprint density at radius 2 is 1.93 bits per heavy atom. The number of aliphatic hydroxyl groups excluding tert-OH is 1. The fourth-order valence-corrected chi connectivity index (χ4v) is 1.74. The quantitative estimate of drug-likeness (QED) is 0.764. The highest BCUT2D eigenvalue weighted by atomic mass is 16.3. The van der Waals surface area contributed by atoms with Gasteiger partial charge in [-0.3, -0.25) is 0 Å². The Morgan fingerprint density at radius 3 is 2.43 bits per heavy atom. The maximum Gasteiger partial charge on any atom is 0.0449 e. The van der Waals surface area contributed by atoms with E-state index in [1.165, 1.54) is 18.4 Å². The molecule has 0 spiro atoms. The first-order valence-electron chi connectivity index (χ1n) is 5.27. The Labute approximate surface area is 84.7 Å². The summed E-state index contributed by atoms with van der Waals surface area (Å²) in [6, 6.07) is 8.50. The summed E-state index contributed by atoms with van der Waals surface area (Å²) in [6.45, 7) is 0.158. The van der Waals surface area contributed by atoms with Crippen molar-refractivity contribution in [3.63, 3.8) is 0 Å². The van der Waals surface area contributed by atoms with Crippen molar-refractivity contribution in [1.29, 1.82) is 0 Å². The van der Waals surface area contributed by atoms with Crippen molar-refractivity contribution in [2.75, 3.05) is 6.61 Å². The first-order valence-corrected chi connectivity index (χ1v) is 5.27. The molecule has 0 bridgehead atoms. The molecule has 1 aromatic rings. The Hall–Kier alpha value is -0.860. The zero-order valence-electron chi connectivity index (χ0n) is 8.32. The molecular weight excluding hydrogens is 174 g/mol. The predicted molar refractivity (Wildman–Crippen MR) is 57.0 cm³/mol. The van der Waals surface area contributed by atoms with Gasteiger partial charge in [-0.05, 0) is 36.3 Å². The maximum atomic E-state index is 8.77. The third-order valence-electron chi connectivity index (χ3n) is 2.85. The molecule has 3 N–H and O–H groups in total. The average molecular weight is 191 g/mol. The number of nitrogens with two attached hydrogens (primary N) is 1. The standard InChI is InChI=1S/C12H17NO/c13-12(7-8-14)11-5-3-10(4-6-11)9-1-2-9/h3-6,9,12,14H,1-2,7-8,13H2/t12-/m0/s1. The molecule has 1 fully saturated rings. The number of hydrogen-bond donors (Lipinski definition) is 2. The maximum absolute atomic E-state index is 8.77. The van der Waals surface area contributed by atoms with Crippen molar-refractivity contribution in [3.8, 4) is 0 Å². The Balaban J connectivity index is 2.04. The van der Waals surface area contributed by atoms with Gasteiger partial charge in [-0.15, -0.1) is 0 Å². The summed E-state index contributed by atoms with van der Waals surface area (Å²) < 4.78 is 0. The van der Waals surface area contributed by atoms with Crippen LogP contribution in [-0.2, 0) is 0 Å². The fraction of sp³-hybridized carbons (Fsp3) is 0.500. The summed E-state index contributed by atoms with van der Waals surface area (Å²) in [4.78, 5) is 0. The van der Waals surface area contributed by atoms with Crippen LogP contribution >= 0.6 is 0 Å². The molecule has 1 saturated carbocycles. The second-order valence-electron chi connectivity index (χ2n) is 4.06. The normalized spacial score (nSPS) is 18.1. The molecule has 0 heterocycles. The van der Waals surface area contributed by atoms with E-state index in [0.29, 0.717) is 6.42 Å². The lowest BCUT2D eigenvalue weighted by atomic mass is 10.0. The first-order chi connectivity index (χ1) is 6.81. The van der Waals surface area contributed by atoms with Crippen molar-refractivity contribution >= 4 is 0 Å². The van der Waals surface area contributed by atoms with E-state index in [2.05, 4.69) is 24.3 Å². The Kier molecular flexibility index (Phi) is 2.85.